The molecule has 0 aliphatic carbocycles. The van der Waals surface area contributed by atoms with Crippen LogP contribution >= 0.6 is 27.5 Å². The van der Waals surface area contributed by atoms with Crippen LogP contribution in [0, 0.1) is 0 Å². The Morgan fingerprint density at radius 1 is 1.27 bits per heavy atom. The molecule has 0 N–H and O–H groups in total. The lowest BCUT2D eigenvalue weighted by Crippen LogP contribution is -2.50. The van der Waals surface area contributed by atoms with E-state index in [4.69, 9.17) is 11.6 Å². The van der Waals surface area contributed by atoms with Crippen molar-refractivity contribution in [1.82, 2.24) is 9.21 Å². The van der Waals surface area contributed by atoms with Gasteiger partial charge in [-0.05, 0) is 31.2 Å². The molecule has 8 heteroatoms. The maximum atomic E-state index is 12.6. The van der Waals surface area contributed by atoms with Gasteiger partial charge < -0.3 is 4.90 Å². The lowest BCUT2D eigenvalue weighted by Gasteiger charge is -2.33. The van der Waals surface area contributed by atoms with Crippen molar-refractivity contribution in [3.05, 3.63) is 39.8 Å². The fourth-order valence-electron chi connectivity index (χ4n) is 2.22. The average molecular weight is 408 g/mol. The molecule has 0 aromatic heterocycles. The van der Waals surface area contributed by atoms with Gasteiger partial charge in [-0.25, -0.2) is 8.42 Å². The van der Waals surface area contributed by atoms with Gasteiger partial charge in [0.05, 0.1) is 5.02 Å². The minimum Gasteiger partial charge on any atom is -0.337 e. The van der Waals surface area contributed by atoms with Gasteiger partial charge in [0, 0.05) is 30.7 Å². The van der Waals surface area contributed by atoms with E-state index in [0.717, 1.165) is 4.47 Å². The Bertz CT molecular complexity index is 698. The van der Waals surface area contributed by atoms with Gasteiger partial charge in [0.25, 0.3) is 0 Å². The number of amides is 1. The van der Waals surface area contributed by atoms with Crippen molar-refractivity contribution in [3.63, 3.8) is 0 Å². The molecule has 5 nitrogen and oxygen atoms in total. The number of carbonyl (C=O) groups excluding carboxylic acids is 1. The standard InChI is InChI=1S/C14H16BrClN2O3S/c1-2-3-14(19)17-6-8-18(9-7-17)22(20,21)13-5-4-11(15)10-12(13)16/h2-5,10H,6-9H2,1H3/b3-2+. The van der Waals surface area contributed by atoms with Crippen LogP contribution in [-0.2, 0) is 14.8 Å². The van der Waals surface area contributed by atoms with Crippen molar-refractivity contribution >= 4 is 43.5 Å². The third-order valence-electron chi connectivity index (χ3n) is 3.37. The molecule has 0 radical (unpaired) electrons. The van der Waals surface area contributed by atoms with Crippen LogP contribution in [0.1, 0.15) is 6.92 Å². The summed E-state index contributed by atoms with van der Waals surface area (Å²) < 4.78 is 27.3. The number of hydrogen-bond acceptors (Lipinski definition) is 3. The average Bonchev–Trinajstić information content (AvgIpc) is 2.47. The van der Waals surface area contributed by atoms with E-state index in [-0.39, 0.29) is 28.9 Å². The molecule has 1 aromatic carbocycles. The van der Waals surface area contributed by atoms with Gasteiger partial charge in [-0.2, -0.15) is 4.31 Å². The molecular formula is C14H16BrClN2O3S. The van der Waals surface area contributed by atoms with Crippen LogP contribution in [0.2, 0.25) is 5.02 Å². The van der Waals surface area contributed by atoms with Gasteiger partial charge in [0.1, 0.15) is 4.90 Å². The summed E-state index contributed by atoms with van der Waals surface area (Å²) in [6.45, 7) is 3.04. The minimum atomic E-state index is -3.65. The maximum absolute atomic E-state index is 12.6. The molecule has 0 saturated carbocycles. The number of piperazine rings is 1. The van der Waals surface area contributed by atoms with E-state index in [1.54, 1.807) is 30.0 Å². The number of halogens is 2. The first-order chi connectivity index (χ1) is 10.4. The molecule has 0 bridgehead atoms. The van der Waals surface area contributed by atoms with Gasteiger partial charge in [-0.15, -0.1) is 0 Å². The van der Waals surface area contributed by atoms with Gasteiger partial charge in [-0.1, -0.05) is 33.6 Å². The van der Waals surface area contributed by atoms with E-state index in [2.05, 4.69) is 15.9 Å². The zero-order valence-electron chi connectivity index (χ0n) is 12.0. The Labute approximate surface area is 143 Å². The quantitative estimate of drug-likeness (QED) is 0.724. The molecule has 120 valence electrons. The monoisotopic (exact) mass is 406 g/mol. The SMILES string of the molecule is C/C=C/C(=O)N1CCN(S(=O)(=O)c2ccc(Br)cc2Cl)CC1. The van der Waals surface area contributed by atoms with Crippen LogP contribution in [0.3, 0.4) is 0 Å². The van der Waals surface area contributed by atoms with Crippen LogP contribution in [-0.4, -0.2) is 49.7 Å². The number of nitrogens with zero attached hydrogens (tertiary/aromatic N) is 2. The molecular weight excluding hydrogens is 392 g/mol. The summed E-state index contributed by atoms with van der Waals surface area (Å²) in [5.41, 5.74) is 0. The molecule has 1 aromatic rings. The lowest BCUT2D eigenvalue weighted by atomic mass is 10.3. The number of allylic oxidation sites excluding steroid dienone is 1. The van der Waals surface area contributed by atoms with E-state index in [9.17, 15) is 13.2 Å². The molecule has 22 heavy (non-hydrogen) atoms. The predicted octanol–water partition coefficient (Wildman–Crippen LogP) is 2.51. The molecule has 0 atom stereocenters. The molecule has 1 heterocycles. The van der Waals surface area contributed by atoms with Crippen LogP contribution in [0.25, 0.3) is 0 Å². The van der Waals surface area contributed by atoms with Crippen LogP contribution in [0.4, 0.5) is 0 Å². The van der Waals surface area contributed by atoms with E-state index in [1.807, 2.05) is 0 Å². The van der Waals surface area contributed by atoms with E-state index < -0.39 is 10.0 Å². The molecule has 2 rings (SSSR count). The Morgan fingerprint density at radius 3 is 2.45 bits per heavy atom. The molecule has 0 spiro atoms. The molecule has 0 unspecified atom stereocenters. The molecule has 1 aliphatic heterocycles. The highest BCUT2D eigenvalue weighted by atomic mass is 79.9. The smallest absolute Gasteiger partial charge is 0.246 e. The molecule has 1 fully saturated rings. The van der Waals surface area contributed by atoms with E-state index in [1.165, 1.54) is 16.4 Å². The first-order valence-electron chi connectivity index (χ1n) is 6.73. The minimum absolute atomic E-state index is 0.0885. The van der Waals surface area contributed by atoms with Crippen LogP contribution < -0.4 is 0 Å². The highest BCUT2D eigenvalue weighted by molar-refractivity contribution is 9.10. The zero-order chi connectivity index (χ0) is 16.3. The van der Waals surface area contributed by atoms with E-state index >= 15 is 0 Å². The Balaban J connectivity index is 2.14. The zero-order valence-corrected chi connectivity index (χ0v) is 15.2. The van der Waals surface area contributed by atoms with Crippen molar-refractivity contribution < 1.29 is 13.2 Å². The summed E-state index contributed by atoms with van der Waals surface area (Å²) in [4.78, 5) is 13.5. The number of rotatable bonds is 3. The first kappa shape index (κ1) is 17.5. The molecule has 1 amide bonds. The summed E-state index contributed by atoms with van der Waals surface area (Å²) >= 11 is 9.30. The molecule has 1 aliphatic rings. The topological polar surface area (TPSA) is 57.7 Å². The molecule has 1 saturated heterocycles. The largest absolute Gasteiger partial charge is 0.337 e. The normalized spacial score (nSPS) is 17.1. The van der Waals surface area contributed by atoms with Crippen molar-refractivity contribution in [1.29, 1.82) is 0 Å². The summed E-state index contributed by atoms with van der Waals surface area (Å²) in [6, 6.07) is 4.68. The third kappa shape index (κ3) is 3.71. The fraction of sp³-hybridized carbons (Fsp3) is 0.357. The second kappa shape index (κ2) is 7.12. The van der Waals surface area contributed by atoms with Crippen LogP contribution in [0.15, 0.2) is 39.7 Å². The Hall–Kier alpha value is -0.890. The van der Waals surface area contributed by atoms with Gasteiger partial charge in [0.15, 0.2) is 0 Å². The predicted molar refractivity (Wildman–Crippen MR) is 89.3 cm³/mol. The Morgan fingerprint density at radius 2 is 1.91 bits per heavy atom. The van der Waals surface area contributed by atoms with Crippen LogP contribution in [0.5, 0.6) is 0 Å². The van der Waals surface area contributed by atoms with Crippen molar-refractivity contribution in [2.24, 2.45) is 0 Å². The van der Waals surface area contributed by atoms with E-state index in [0.29, 0.717) is 13.1 Å². The van der Waals surface area contributed by atoms with Crippen molar-refractivity contribution in [2.75, 3.05) is 26.2 Å². The third-order valence-corrected chi connectivity index (χ3v) is 6.25. The van der Waals surface area contributed by atoms with Crippen molar-refractivity contribution in [3.8, 4) is 0 Å². The van der Waals surface area contributed by atoms with Gasteiger partial charge in [-0.3, -0.25) is 4.79 Å². The summed E-state index contributed by atoms with van der Waals surface area (Å²) in [5.74, 6) is -0.0961. The number of carbonyl (C=O) groups is 1. The van der Waals surface area contributed by atoms with Gasteiger partial charge >= 0.3 is 0 Å². The summed E-state index contributed by atoms with van der Waals surface area (Å²) in [6.07, 6.45) is 3.16. The number of hydrogen-bond donors (Lipinski definition) is 0. The summed E-state index contributed by atoms with van der Waals surface area (Å²) in [7, 11) is -3.65. The van der Waals surface area contributed by atoms with Crippen molar-refractivity contribution in [2.45, 2.75) is 11.8 Å². The Kier molecular flexibility index (Phi) is 5.65. The lowest BCUT2D eigenvalue weighted by molar-refractivity contribution is -0.127. The fourth-order valence-corrected chi connectivity index (χ4v) is 4.65. The van der Waals surface area contributed by atoms with Gasteiger partial charge in [0.2, 0.25) is 15.9 Å². The number of benzene rings is 1. The maximum Gasteiger partial charge on any atom is 0.246 e. The second-order valence-electron chi connectivity index (χ2n) is 4.80. The number of sulfonamides is 1. The first-order valence-corrected chi connectivity index (χ1v) is 9.34. The highest BCUT2D eigenvalue weighted by Crippen LogP contribution is 2.28. The summed E-state index contributed by atoms with van der Waals surface area (Å²) in [5, 5.41) is 0.182. The highest BCUT2D eigenvalue weighted by Gasteiger charge is 2.30. The second-order valence-corrected chi connectivity index (χ2v) is 8.03.